The maximum absolute atomic E-state index is 8.39. The second kappa shape index (κ2) is 5.10. The predicted octanol–water partition coefficient (Wildman–Crippen LogP) is -0.156. The van der Waals surface area contributed by atoms with Crippen molar-refractivity contribution in [1.29, 1.82) is 10.5 Å². The van der Waals surface area contributed by atoms with Gasteiger partial charge >= 0.3 is 0 Å². The normalized spacial score (nSPS) is 12.1. The van der Waals surface area contributed by atoms with Crippen LogP contribution in [-0.4, -0.2) is 11.5 Å². The van der Waals surface area contributed by atoms with Crippen LogP contribution >= 0.6 is 8.53 Å². The van der Waals surface area contributed by atoms with Crippen LogP contribution in [0.15, 0.2) is 0 Å². The Balaban J connectivity index is 3.51. The van der Waals surface area contributed by atoms with Gasteiger partial charge in [0.05, 0.1) is 18.7 Å². The van der Waals surface area contributed by atoms with Crippen molar-refractivity contribution in [3.8, 4) is 12.1 Å². The van der Waals surface area contributed by atoms with E-state index in [0.717, 1.165) is 0 Å². The second-order valence-corrected chi connectivity index (χ2v) is 2.27. The molecule has 1 atom stereocenters. The fraction of sp³-hybridized carbons (Fsp3) is 0.500. The van der Waals surface area contributed by atoms with Crippen LogP contribution in [0, 0.1) is 28.6 Å². The van der Waals surface area contributed by atoms with Gasteiger partial charge in [0.2, 0.25) is 8.53 Å². The van der Waals surface area contributed by atoms with Crippen LogP contribution in [0.25, 0.3) is 0 Å². The highest BCUT2D eigenvalue weighted by Gasteiger charge is 2.07. The van der Waals surface area contributed by atoms with E-state index < -0.39 is 14.4 Å². The van der Waals surface area contributed by atoms with Crippen molar-refractivity contribution in [2.45, 2.75) is 0 Å². The lowest BCUT2D eigenvalue weighted by Gasteiger charge is -2.02. The van der Waals surface area contributed by atoms with Crippen LogP contribution in [0.4, 0.5) is 0 Å². The van der Waals surface area contributed by atoms with E-state index >= 15 is 0 Å². The Morgan fingerprint density at radius 1 is 1.60 bits per heavy atom. The van der Waals surface area contributed by atoms with E-state index in [1.165, 1.54) is 0 Å². The standard InChI is InChI=1S/C4H6N3O2P/c5-1-4(2-6)3-9-10(7)8/h4,8H,3,7H2. The zero-order valence-corrected chi connectivity index (χ0v) is 5.95. The van der Waals surface area contributed by atoms with Crippen LogP contribution in [0.2, 0.25) is 0 Å². The number of nitrogens with zero attached hydrogens (tertiary/aromatic N) is 2. The third-order valence-electron chi connectivity index (χ3n) is 0.685. The maximum Gasteiger partial charge on any atom is 0.250 e. The SMILES string of the molecule is N#CC(C#N)COP(N)O. The Morgan fingerprint density at radius 3 is 2.40 bits per heavy atom. The van der Waals surface area contributed by atoms with E-state index in [4.69, 9.17) is 20.9 Å². The van der Waals surface area contributed by atoms with Gasteiger partial charge in [-0.3, -0.25) is 5.50 Å². The van der Waals surface area contributed by atoms with E-state index in [-0.39, 0.29) is 6.61 Å². The molecule has 0 heterocycles. The molecule has 1 unspecified atom stereocenters. The molecule has 54 valence electrons. The molecule has 0 spiro atoms. The summed E-state index contributed by atoms with van der Waals surface area (Å²) in [6, 6.07) is 3.33. The average molecular weight is 159 g/mol. The summed E-state index contributed by atoms with van der Waals surface area (Å²) in [6.07, 6.45) is 0. The number of hydrogen-bond donors (Lipinski definition) is 2. The highest BCUT2D eigenvalue weighted by molar-refractivity contribution is 7.43. The molecule has 0 bridgehead atoms. The molecule has 0 saturated heterocycles. The van der Waals surface area contributed by atoms with Crippen molar-refractivity contribution in [2.75, 3.05) is 6.61 Å². The summed E-state index contributed by atoms with van der Waals surface area (Å²) >= 11 is 0. The lowest BCUT2D eigenvalue weighted by atomic mass is 10.2. The van der Waals surface area contributed by atoms with Gasteiger partial charge in [-0.05, 0) is 0 Å². The van der Waals surface area contributed by atoms with Gasteiger partial charge in [-0.15, -0.1) is 0 Å². The molecule has 6 heteroatoms. The van der Waals surface area contributed by atoms with Crippen molar-refractivity contribution in [1.82, 2.24) is 0 Å². The van der Waals surface area contributed by atoms with E-state index in [1.807, 2.05) is 0 Å². The Labute approximate surface area is 59.6 Å². The third-order valence-corrected chi connectivity index (χ3v) is 1.10. The van der Waals surface area contributed by atoms with Crippen molar-refractivity contribution in [3.63, 3.8) is 0 Å². The predicted molar refractivity (Wildman–Crippen MR) is 34.0 cm³/mol. The number of nitriles is 2. The van der Waals surface area contributed by atoms with Gasteiger partial charge in [-0.1, -0.05) is 0 Å². The first-order chi connectivity index (χ1) is 4.70. The molecular formula is C4H6N3O2P. The Morgan fingerprint density at radius 2 is 2.10 bits per heavy atom. The molecule has 0 saturated carbocycles. The van der Waals surface area contributed by atoms with E-state index in [2.05, 4.69) is 4.52 Å². The van der Waals surface area contributed by atoms with Crippen molar-refractivity contribution >= 4 is 8.53 Å². The minimum absolute atomic E-state index is 0.133. The molecule has 0 radical (unpaired) electrons. The Bertz CT molecular complexity index is 156. The zero-order chi connectivity index (χ0) is 7.98. The summed E-state index contributed by atoms with van der Waals surface area (Å²) in [5.74, 6) is -0.847. The first-order valence-corrected chi connectivity index (χ1v) is 3.64. The van der Waals surface area contributed by atoms with E-state index in [1.54, 1.807) is 12.1 Å². The summed E-state index contributed by atoms with van der Waals surface area (Å²) < 4.78 is 4.44. The Hall–Kier alpha value is -0.710. The Kier molecular flexibility index (Phi) is 4.74. The van der Waals surface area contributed by atoms with E-state index in [0.29, 0.717) is 0 Å². The maximum atomic E-state index is 8.39. The van der Waals surface area contributed by atoms with Gasteiger partial charge in [0.15, 0.2) is 5.92 Å². The molecular weight excluding hydrogens is 153 g/mol. The van der Waals surface area contributed by atoms with Crippen molar-refractivity contribution in [3.05, 3.63) is 0 Å². The summed E-state index contributed by atoms with van der Waals surface area (Å²) in [5, 5.41) is 16.3. The van der Waals surface area contributed by atoms with Gasteiger partial charge in [0.1, 0.15) is 0 Å². The van der Waals surface area contributed by atoms with Gasteiger partial charge in [-0.25, -0.2) is 0 Å². The molecule has 0 aliphatic rings. The van der Waals surface area contributed by atoms with Crippen LogP contribution in [0.1, 0.15) is 0 Å². The van der Waals surface area contributed by atoms with Crippen molar-refractivity contribution in [2.24, 2.45) is 11.4 Å². The van der Waals surface area contributed by atoms with Gasteiger partial charge in [0, 0.05) is 0 Å². The molecule has 0 aromatic carbocycles. The van der Waals surface area contributed by atoms with Crippen LogP contribution < -0.4 is 5.50 Å². The average Bonchev–Trinajstić information content (AvgIpc) is 1.90. The quantitative estimate of drug-likeness (QED) is 0.557. The molecule has 0 aliphatic carbocycles. The number of nitrogens with two attached hydrogens (primary N) is 1. The van der Waals surface area contributed by atoms with Gasteiger partial charge in [0.25, 0.3) is 0 Å². The summed E-state index contributed by atoms with van der Waals surface area (Å²) in [6.45, 7) is -0.133. The lowest BCUT2D eigenvalue weighted by Crippen LogP contribution is -2.04. The second-order valence-electron chi connectivity index (χ2n) is 1.41. The van der Waals surface area contributed by atoms with Crippen LogP contribution in [0.3, 0.4) is 0 Å². The summed E-state index contributed by atoms with van der Waals surface area (Å²) in [4.78, 5) is 8.39. The molecule has 0 aliphatic heterocycles. The highest BCUT2D eigenvalue weighted by Crippen LogP contribution is 2.20. The van der Waals surface area contributed by atoms with Crippen LogP contribution in [0.5, 0.6) is 0 Å². The first kappa shape index (κ1) is 9.29. The zero-order valence-electron chi connectivity index (χ0n) is 5.06. The summed E-state index contributed by atoms with van der Waals surface area (Å²) in [5.41, 5.74) is 4.83. The topological polar surface area (TPSA) is 103 Å². The summed E-state index contributed by atoms with van der Waals surface area (Å²) in [7, 11) is -1.95. The van der Waals surface area contributed by atoms with Crippen LogP contribution in [-0.2, 0) is 4.52 Å². The molecule has 0 fully saturated rings. The minimum atomic E-state index is -1.95. The number of rotatable bonds is 3. The minimum Gasteiger partial charge on any atom is -0.338 e. The highest BCUT2D eigenvalue weighted by atomic mass is 31.2. The number of hydrogen-bond acceptors (Lipinski definition) is 5. The molecule has 5 nitrogen and oxygen atoms in total. The lowest BCUT2D eigenvalue weighted by molar-refractivity contribution is 0.296. The molecule has 0 rings (SSSR count). The van der Waals surface area contributed by atoms with Crippen molar-refractivity contribution < 1.29 is 9.42 Å². The fourth-order valence-electron chi connectivity index (χ4n) is 0.254. The molecule has 10 heavy (non-hydrogen) atoms. The van der Waals surface area contributed by atoms with Gasteiger partial charge < -0.3 is 9.42 Å². The monoisotopic (exact) mass is 159 g/mol. The largest absolute Gasteiger partial charge is 0.338 e. The molecule has 0 aromatic rings. The fourth-order valence-corrected chi connectivity index (χ4v) is 0.556. The molecule has 0 amide bonds. The van der Waals surface area contributed by atoms with E-state index in [9.17, 15) is 0 Å². The van der Waals surface area contributed by atoms with Gasteiger partial charge in [-0.2, -0.15) is 10.5 Å². The third kappa shape index (κ3) is 4.20. The molecule has 0 aromatic heterocycles. The smallest absolute Gasteiger partial charge is 0.250 e. The first-order valence-electron chi connectivity index (χ1n) is 2.36. The molecule has 3 N–H and O–H groups in total.